The summed E-state index contributed by atoms with van der Waals surface area (Å²) in [4.78, 5) is 6.82. The first-order valence-electron chi connectivity index (χ1n) is 10.3. The van der Waals surface area contributed by atoms with Gasteiger partial charge in [0.2, 0.25) is 0 Å². The van der Waals surface area contributed by atoms with Gasteiger partial charge < -0.3 is 14.4 Å². The summed E-state index contributed by atoms with van der Waals surface area (Å²) in [7, 11) is 1.55. The summed E-state index contributed by atoms with van der Waals surface area (Å²) in [5, 5.41) is 10.9. The average Bonchev–Trinajstić information content (AvgIpc) is 3.32. The Morgan fingerprint density at radius 1 is 1.14 bits per heavy atom. The molecule has 0 spiro atoms. The summed E-state index contributed by atoms with van der Waals surface area (Å²) in [5.74, 6) is 1.28. The molecule has 29 heavy (non-hydrogen) atoms. The molecule has 1 saturated carbocycles. The Morgan fingerprint density at radius 2 is 1.93 bits per heavy atom. The zero-order valence-corrected chi connectivity index (χ0v) is 16.5. The molecule has 152 valence electrons. The zero-order chi connectivity index (χ0) is 20.0. The van der Waals surface area contributed by atoms with Crippen molar-refractivity contribution < 1.29 is 14.2 Å². The minimum atomic E-state index is -0.383. The van der Waals surface area contributed by atoms with E-state index >= 15 is 0 Å². The Kier molecular flexibility index (Phi) is 4.76. The number of para-hydroxylation sites is 2. The lowest BCUT2D eigenvalue weighted by molar-refractivity contribution is 0.0374. The summed E-state index contributed by atoms with van der Waals surface area (Å²) in [5.41, 5.74) is 2.73. The number of nitrogens with zero attached hydrogens (tertiary/aromatic N) is 3. The molecule has 1 aliphatic carbocycles. The second-order valence-electron chi connectivity index (χ2n) is 8.42. The summed E-state index contributed by atoms with van der Waals surface area (Å²) < 4.78 is 21.6. The molecule has 2 aromatic carbocycles. The van der Waals surface area contributed by atoms with Crippen LogP contribution in [-0.4, -0.2) is 45.9 Å². The molecule has 1 N–H and O–H groups in total. The van der Waals surface area contributed by atoms with E-state index in [0.29, 0.717) is 29.7 Å². The quantitative estimate of drug-likeness (QED) is 0.733. The van der Waals surface area contributed by atoms with Crippen LogP contribution in [0, 0.1) is 17.7 Å². The van der Waals surface area contributed by atoms with Crippen molar-refractivity contribution in [1.82, 2.24) is 14.5 Å². The van der Waals surface area contributed by atoms with Gasteiger partial charge in [0, 0.05) is 31.3 Å². The first-order valence-corrected chi connectivity index (χ1v) is 10.3. The molecule has 1 saturated heterocycles. The first kappa shape index (κ1) is 18.6. The number of rotatable bonds is 4. The van der Waals surface area contributed by atoms with Crippen molar-refractivity contribution >= 4 is 11.0 Å². The highest BCUT2D eigenvalue weighted by molar-refractivity contribution is 5.75. The van der Waals surface area contributed by atoms with Crippen LogP contribution < -0.4 is 4.74 Å². The Morgan fingerprint density at radius 3 is 2.72 bits per heavy atom. The standard InChI is InChI=1S/C23H26FN3O2/c1-29-18-7-6-15(19(24)10-18)11-26-12-16-8-22(23(28)9-17(16)13-26)27-14-25-20-4-2-3-5-21(20)27/h2-7,10,14,16-17,22-23,28H,8-9,11-13H2,1H3/t16-,17+,22-,23-/m1/s1. The zero-order valence-electron chi connectivity index (χ0n) is 16.5. The maximum atomic E-state index is 14.4. The van der Waals surface area contributed by atoms with Crippen LogP contribution in [0.4, 0.5) is 4.39 Å². The predicted molar refractivity (Wildman–Crippen MR) is 109 cm³/mol. The van der Waals surface area contributed by atoms with Crippen LogP contribution in [0.15, 0.2) is 48.8 Å². The van der Waals surface area contributed by atoms with E-state index in [-0.39, 0.29) is 18.0 Å². The van der Waals surface area contributed by atoms with Gasteiger partial charge in [-0.25, -0.2) is 9.37 Å². The van der Waals surface area contributed by atoms with Crippen molar-refractivity contribution in [3.8, 4) is 5.75 Å². The minimum Gasteiger partial charge on any atom is -0.497 e. The van der Waals surface area contributed by atoms with Gasteiger partial charge in [-0.05, 0) is 42.9 Å². The number of benzene rings is 2. The maximum absolute atomic E-state index is 14.4. The molecule has 4 atom stereocenters. The van der Waals surface area contributed by atoms with E-state index in [9.17, 15) is 9.50 Å². The number of aliphatic hydroxyl groups is 1. The van der Waals surface area contributed by atoms with E-state index in [2.05, 4.69) is 20.5 Å². The fraction of sp³-hybridized carbons (Fsp3) is 0.435. The van der Waals surface area contributed by atoms with Gasteiger partial charge >= 0.3 is 0 Å². The van der Waals surface area contributed by atoms with Crippen molar-refractivity contribution in [2.75, 3.05) is 20.2 Å². The third kappa shape index (κ3) is 3.40. The van der Waals surface area contributed by atoms with E-state index < -0.39 is 0 Å². The highest BCUT2D eigenvalue weighted by Gasteiger charge is 2.42. The van der Waals surface area contributed by atoms with Crippen molar-refractivity contribution in [1.29, 1.82) is 0 Å². The minimum absolute atomic E-state index is 0.0429. The molecule has 6 heteroatoms. The van der Waals surface area contributed by atoms with E-state index in [1.54, 1.807) is 7.11 Å². The number of likely N-dealkylation sites (tertiary alicyclic amines) is 1. The number of imidazole rings is 1. The topological polar surface area (TPSA) is 50.5 Å². The number of halogens is 1. The monoisotopic (exact) mass is 395 g/mol. The first-order chi connectivity index (χ1) is 14.1. The molecule has 1 aliphatic heterocycles. The molecule has 1 aromatic heterocycles. The molecule has 5 rings (SSSR count). The lowest BCUT2D eigenvalue weighted by atomic mass is 9.77. The van der Waals surface area contributed by atoms with Crippen molar-refractivity contribution in [3.63, 3.8) is 0 Å². The SMILES string of the molecule is COc1ccc(CN2C[C@H]3C[C@@H](n4cnc5ccccc54)[C@H](O)C[C@H]3C2)c(F)c1. The normalized spacial score (nSPS) is 27.3. The Labute approximate surface area is 169 Å². The molecule has 0 amide bonds. The molecule has 0 bridgehead atoms. The summed E-state index contributed by atoms with van der Waals surface area (Å²) in [6, 6.07) is 13.2. The maximum Gasteiger partial charge on any atom is 0.131 e. The van der Waals surface area contributed by atoms with Gasteiger partial charge in [0.1, 0.15) is 11.6 Å². The largest absolute Gasteiger partial charge is 0.497 e. The second-order valence-corrected chi connectivity index (χ2v) is 8.42. The highest BCUT2D eigenvalue weighted by Crippen LogP contribution is 2.42. The number of methoxy groups -OCH3 is 1. The molecule has 0 radical (unpaired) electrons. The van der Waals surface area contributed by atoms with Gasteiger partial charge in [0.05, 0.1) is 36.6 Å². The van der Waals surface area contributed by atoms with Gasteiger partial charge in [-0.1, -0.05) is 18.2 Å². The molecule has 0 unspecified atom stereocenters. The van der Waals surface area contributed by atoms with Crippen LogP contribution in [-0.2, 0) is 6.54 Å². The molecule has 5 nitrogen and oxygen atoms in total. The van der Waals surface area contributed by atoms with Gasteiger partial charge in [-0.3, -0.25) is 4.90 Å². The molecular formula is C23H26FN3O2. The smallest absolute Gasteiger partial charge is 0.131 e. The Bertz CT molecular complexity index is 1020. The Hall–Kier alpha value is -2.44. The van der Waals surface area contributed by atoms with Crippen LogP contribution in [0.3, 0.4) is 0 Å². The second kappa shape index (κ2) is 7.43. The third-order valence-electron chi connectivity index (χ3n) is 6.68. The molecule has 2 fully saturated rings. The van der Waals surface area contributed by atoms with Gasteiger partial charge in [0.15, 0.2) is 0 Å². The predicted octanol–water partition coefficient (Wildman–Crippen LogP) is 3.63. The fourth-order valence-electron chi connectivity index (χ4n) is 5.20. The molecule has 3 aromatic rings. The lowest BCUT2D eigenvalue weighted by Gasteiger charge is -2.36. The van der Waals surface area contributed by atoms with Gasteiger partial charge in [-0.15, -0.1) is 0 Å². The highest BCUT2D eigenvalue weighted by atomic mass is 19.1. The summed E-state index contributed by atoms with van der Waals surface area (Å²) in [6.45, 7) is 2.44. The molecular weight excluding hydrogens is 369 g/mol. The fourth-order valence-corrected chi connectivity index (χ4v) is 5.20. The van der Waals surface area contributed by atoms with Crippen LogP contribution in [0.1, 0.15) is 24.4 Å². The average molecular weight is 395 g/mol. The third-order valence-corrected chi connectivity index (χ3v) is 6.68. The van der Waals surface area contributed by atoms with Crippen LogP contribution in [0.25, 0.3) is 11.0 Å². The van der Waals surface area contributed by atoms with Crippen LogP contribution >= 0.6 is 0 Å². The van der Waals surface area contributed by atoms with Gasteiger partial charge in [0.25, 0.3) is 0 Å². The number of ether oxygens (including phenoxy) is 1. The van der Waals surface area contributed by atoms with Crippen LogP contribution in [0.2, 0.25) is 0 Å². The number of aromatic nitrogens is 2. The van der Waals surface area contributed by atoms with E-state index in [1.807, 2.05) is 36.7 Å². The number of hydrogen-bond donors (Lipinski definition) is 1. The number of hydrogen-bond acceptors (Lipinski definition) is 4. The van der Waals surface area contributed by atoms with Crippen molar-refractivity contribution in [2.24, 2.45) is 11.8 Å². The van der Waals surface area contributed by atoms with Crippen molar-refractivity contribution in [2.45, 2.75) is 31.5 Å². The number of fused-ring (bicyclic) bond motifs is 2. The van der Waals surface area contributed by atoms with E-state index in [0.717, 1.165) is 37.0 Å². The summed E-state index contributed by atoms with van der Waals surface area (Å²) >= 11 is 0. The van der Waals surface area contributed by atoms with Crippen LogP contribution in [0.5, 0.6) is 5.75 Å². The molecule has 2 heterocycles. The lowest BCUT2D eigenvalue weighted by Crippen LogP contribution is -2.36. The van der Waals surface area contributed by atoms with Crippen molar-refractivity contribution in [3.05, 3.63) is 60.2 Å². The summed E-state index contributed by atoms with van der Waals surface area (Å²) in [6.07, 6.45) is 3.18. The van der Waals surface area contributed by atoms with E-state index in [4.69, 9.17) is 4.74 Å². The van der Waals surface area contributed by atoms with Gasteiger partial charge in [-0.2, -0.15) is 0 Å². The molecule has 2 aliphatic rings. The number of aliphatic hydroxyl groups excluding tert-OH is 1. The Balaban J connectivity index is 1.31. The van der Waals surface area contributed by atoms with E-state index in [1.165, 1.54) is 6.07 Å².